The summed E-state index contributed by atoms with van der Waals surface area (Å²) >= 11 is 0. The predicted molar refractivity (Wildman–Crippen MR) is 37.8 cm³/mol. The molecule has 12 heteroatoms. The van der Waals surface area contributed by atoms with Gasteiger partial charge >= 0.3 is 30.1 Å². The van der Waals surface area contributed by atoms with Gasteiger partial charge in [-0.3, -0.25) is 0 Å². The zero-order valence-corrected chi connectivity index (χ0v) is 8.47. The summed E-state index contributed by atoms with van der Waals surface area (Å²) in [6.07, 6.45) is -10.6. The standard InChI is InChI=1S/C7H5F11O/c8-2(4(11,12)1-19)5(13,14)7(17,18)6(15,16)3(9)10/h2-3,19H,1H2/t2-/m0/s1. The molecule has 0 spiro atoms. The third-order valence-corrected chi connectivity index (χ3v) is 2.01. The van der Waals surface area contributed by atoms with E-state index < -0.39 is 42.9 Å². The highest BCUT2D eigenvalue weighted by Crippen LogP contribution is 2.52. The lowest BCUT2D eigenvalue weighted by Crippen LogP contribution is -2.64. The molecule has 1 N–H and O–H groups in total. The minimum atomic E-state index is -7.09. The van der Waals surface area contributed by atoms with Crippen LogP contribution in [0.4, 0.5) is 48.3 Å². The normalized spacial score (nSPS) is 16.9. The van der Waals surface area contributed by atoms with Crippen LogP contribution in [0.1, 0.15) is 0 Å². The van der Waals surface area contributed by atoms with Crippen molar-refractivity contribution in [3.63, 3.8) is 0 Å². The summed E-state index contributed by atoms with van der Waals surface area (Å²) in [6, 6.07) is 0. The second kappa shape index (κ2) is 4.94. The highest BCUT2D eigenvalue weighted by Gasteiger charge is 2.80. The molecule has 0 rings (SSSR count). The first kappa shape index (κ1) is 18.2. The number of rotatable bonds is 6. The van der Waals surface area contributed by atoms with Gasteiger partial charge in [0.15, 0.2) is 0 Å². The molecule has 0 amide bonds. The largest absolute Gasteiger partial charge is 0.390 e. The molecule has 0 fully saturated rings. The topological polar surface area (TPSA) is 20.2 Å². The fraction of sp³-hybridized carbons (Fsp3) is 1.00. The van der Waals surface area contributed by atoms with Crippen LogP contribution in [-0.4, -0.2) is 48.0 Å². The molecule has 0 unspecified atom stereocenters. The molecule has 0 aliphatic rings. The van der Waals surface area contributed by atoms with E-state index in [1.165, 1.54) is 0 Å². The molecule has 0 bridgehead atoms. The summed E-state index contributed by atoms with van der Waals surface area (Å²) in [6.45, 7) is -2.71. The fourth-order valence-corrected chi connectivity index (χ4v) is 0.864. The number of hydrogen-bond acceptors (Lipinski definition) is 1. The number of hydrogen-bond donors (Lipinski definition) is 1. The van der Waals surface area contributed by atoms with E-state index in [1.54, 1.807) is 0 Å². The van der Waals surface area contributed by atoms with Crippen LogP contribution in [0.5, 0.6) is 0 Å². The van der Waals surface area contributed by atoms with E-state index in [0.717, 1.165) is 0 Å². The highest BCUT2D eigenvalue weighted by molar-refractivity contribution is 5.04. The summed E-state index contributed by atoms with van der Waals surface area (Å²) < 4.78 is 135. The van der Waals surface area contributed by atoms with Crippen LogP contribution in [0, 0.1) is 0 Å². The first-order chi connectivity index (χ1) is 8.16. The van der Waals surface area contributed by atoms with Gasteiger partial charge in [-0.05, 0) is 0 Å². The Morgan fingerprint density at radius 2 is 1.11 bits per heavy atom. The van der Waals surface area contributed by atoms with Gasteiger partial charge in [-0.15, -0.1) is 0 Å². The van der Waals surface area contributed by atoms with Crippen molar-refractivity contribution in [2.45, 2.75) is 36.3 Å². The second-order valence-corrected chi connectivity index (χ2v) is 3.40. The lowest BCUT2D eigenvalue weighted by molar-refractivity contribution is -0.365. The molecule has 116 valence electrons. The molecule has 19 heavy (non-hydrogen) atoms. The monoisotopic (exact) mass is 314 g/mol. The molecule has 0 aliphatic carbocycles. The van der Waals surface area contributed by atoms with Gasteiger partial charge in [0.25, 0.3) is 0 Å². The van der Waals surface area contributed by atoms with Crippen LogP contribution in [-0.2, 0) is 0 Å². The van der Waals surface area contributed by atoms with Gasteiger partial charge in [-0.1, -0.05) is 0 Å². The number of aliphatic hydroxyl groups is 1. The van der Waals surface area contributed by atoms with Crippen LogP contribution in [0.25, 0.3) is 0 Å². The van der Waals surface area contributed by atoms with Gasteiger partial charge in [0.2, 0.25) is 6.17 Å². The van der Waals surface area contributed by atoms with Crippen LogP contribution >= 0.6 is 0 Å². The van der Waals surface area contributed by atoms with Crippen molar-refractivity contribution in [3.05, 3.63) is 0 Å². The molecule has 0 saturated carbocycles. The second-order valence-electron chi connectivity index (χ2n) is 3.40. The van der Waals surface area contributed by atoms with Gasteiger partial charge < -0.3 is 5.11 Å². The lowest BCUT2D eigenvalue weighted by Gasteiger charge is -2.35. The predicted octanol–water partition coefficient (Wildman–Crippen LogP) is 3.12. The van der Waals surface area contributed by atoms with E-state index in [4.69, 9.17) is 5.11 Å². The van der Waals surface area contributed by atoms with E-state index in [0.29, 0.717) is 0 Å². The summed E-state index contributed by atoms with van der Waals surface area (Å²) in [5, 5.41) is 7.80. The Labute approximate surface area is 97.5 Å². The molecular weight excluding hydrogens is 309 g/mol. The zero-order chi connectivity index (χ0) is 15.9. The van der Waals surface area contributed by atoms with Gasteiger partial charge in [0.1, 0.15) is 6.61 Å². The van der Waals surface area contributed by atoms with Crippen molar-refractivity contribution in [3.8, 4) is 0 Å². The average Bonchev–Trinajstić information content (AvgIpc) is 2.26. The Balaban J connectivity index is 5.64. The average molecular weight is 314 g/mol. The molecule has 0 saturated heterocycles. The number of alkyl halides is 11. The molecule has 1 nitrogen and oxygen atoms in total. The summed E-state index contributed by atoms with van der Waals surface area (Å²) in [5.41, 5.74) is 0. The smallest absolute Gasteiger partial charge is 0.381 e. The van der Waals surface area contributed by atoms with Gasteiger partial charge in [0, 0.05) is 0 Å². The Kier molecular flexibility index (Phi) is 4.73. The van der Waals surface area contributed by atoms with E-state index in [-0.39, 0.29) is 0 Å². The summed E-state index contributed by atoms with van der Waals surface area (Å²) in [7, 11) is 0. The Morgan fingerprint density at radius 3 is 1.37 bits per heavy atom. The van der Waals surface area contributed by atoms with Crippen LogP contribution in [0.2, 0.25) is 0 Å². The SMILES string of the molecule is OCC(F)(F)[C@H](F)C(F)(F)C(F)(F)C(F)(F)C(F)F. The third kappa shape index (κ3) is 2.72. The van der Waals surface area contributed by atoms with Crippen molar-refractivity contribution in [2.75, 3.05) is 6.61 Å². The van der Waals surface area contributed by atoms with Gasteiger partial charge in [-0.25, -0.2) is 22.0 Å². The van der Waals surface area contributed by atoms with E-state index >= 15 is 0 Å². The highest BCUT2D eigenvalue weighted by atomic mass is 19.4. The molecule has 0 heterocycles. The molecular formula is C7H5F11O. The van der Waals surface area contributed by atoms with Gasteiger partial charge in [0.05, 0.1) is 0 Å². The molecule has 0 aliphatic heterocycles. The number of halogens is 11. The van der Waals surface area contributed by atoms with Crippen LogP contribution < -0.4 is 0 Å². The molecule has 0 aromatic heterocycles. The zero-order valence-electron chi connectivity index (χ0n) is 8.47. The maximum atomic E-state index is 12.6. The fourth-order valence-electron chi connectivity index (χ4n) is 0.864. The molecule has 0 aromatic rings. The quantitative estimate of drug-likeness (QED) is 0.747. The van der Waals surface area contributed by atoms with E-state index in [2.05, 4.69) is 0 Å². The van der Waals surface area contributed by atoms with Crippen molar-refractivity contribution >= 4 is 0 Å². The molecule has 1 atom stereocenters. The first-order valence-electron chi connectivity index (χ1n) is 4.20. The summed E-state index contributed by atoms with van der Waals surface area (Å²) in [5.74, 6) is -26.2. The van der Waals surface area contributed by atoms with Gasteiger partial charge in [-0.2, -0.15) is 26.3 Å². The lowest BCUT2D eigenvalue weighted by atomic mass is 9.97. The van der Waals surface area contributed by atoms with Crippen molar-refractivity contribution in [1.82, 2.24) is 0 Å². The third-order valence-electron chi connectivity index (χ3n) is 2.01. The first-order valence-corrected chi connectivity index (χ1v) is 4.20. The molecule has 0 aromatic carbocycles. The maximum Gasteiger partial charge on any atom is 0.381 e. The van der Waals surface area contributed by atoms with Crippen molar-refractivity contribution in [1.29, 1.82) is 0 Å². The Hall–Kier alpha value is -0.810. The van der Waals surface area contributed by atoms with E-state index in [9.17, 15) is 48.3 Å². The Morgan fingerprint density at radius 1 is 0.737 bits per heavy atom. The van der Waals surface area contributed by atoms with Crippen molar-refractivity contribution in [2.24, 2.45) is 0 Å². The summed E-state index contributed by atoms with van der Waals surface area (Å²) in [4.78, 5) is 0. The van der Waals surface area contributed by atoms with Crippen LogP contribution in [0.15, 0.2) is 0 Å². The van der Waals surface area contributed by atoms with Crippen molar-refractivity contribution < 1.29 is 53.4 Å². The Bertz CT molecular complexity index is 312. The molecule has 0 radical (unpaired) electrons. The minimum absolute atomic E-state index is 2.71. The minimum Gasteiger partial charge on any atom is -0.390 e. The maximum absolute atomic E-state index is 12.6. The van der Waals surface area contributed by atoms with Crippen LogP contribution in [0.3, 0.4) is 0 Å². The number of aliphatic hydroxyl groups excluding tert-OH is 1. The van der Waals surface area contributed by atoms with E-state index in [1.807, 2.05) is 0 Å².